The maximum Gasteiger partial charge on any atom is 0.365 e. The second kappa shape index (κ2) is 4.63. The summed E-state index contributed by atoms with van der Waals surface area (Å²) in [6.07, 6.45) is 2.41. The predicted molar refractivity (Wildman–Crippen MR) is 94.1 cm³/mol. The molecule has 1 saturated carbocycles. The minimum atomic E-state index is -0.143. The molecule has 122 valence electrons. The zero-order valence-corrected chi connectivity index (χ0v) is 13.9. The lowest BCUT2D eigenvalue weighted by atomic mass is 10.1. The molecule has 3 aromatic rings. The van der Waals surface area contributed by atoms with Gasteiger partial charge in [0.25, 0.3) is 5.96 Å². The highest BCUT2D eigenvalue weighted by Gasteiger charge is 2.35. The van der Waals surface area contributed by atoms with Gasteiger partial charge < -0.3 is 10.3 Å². The highest BCUT2D eigenvalue weighted by Crippen LogP contribution is 2.40. The summed E-state index contributed by atoms with van der Waals surface area (Å²) in [6, 6.07) is 11.2. The summed E-state index contributed by atoms with van der Waals surface area (Å²) in [4.78, 5) is 8.13. The molecule has 2 aromatic heterocycles. The van der Waals surface area contributed by atoms with Crippen LogP contribution in [0, 0.1) is 13.8 Å². The Morgan fingerprint density at radius 1 is 1.25 bits per heavy atom. The van der Waals surface area contributed by atoms with Crippen LogP contribution >= 0.6 is 0 Å². The average molecular weight is 321 g/mol. The number of anilines is 1. The van der Waals surface area contributed by atoms with Gasteiger partial charge in [-0.05, 0) is 44.9 Å². The number of benzene rings is 1. The zero-order valence-electron chi connectivity index (χ0n) is 13.9. The van der Waals surface area contributed by atoms with Crippen molar-refractivity contribution in [2.45, 2.75) is 38.9 Å². The Morgan fingerprint density at radius 3 is 2.83 bits per heavy atom. The Bertz CT molecular complexity index is 989. The second-order valence-corrected chi connectivity index (χ2v) is 6.80. The Kier molecular flexibility index (Phi) is 2.63. The van der Waals surface area contributed by atoms with Crippen LogP contribution in [-0.4, -0.2) is 15.5 Å². The quantitative estimate of drug-likeness (QED) is 0.634. The fourth-order valence-electron chi connectivity index (χ4n) is 3.95. The van der Waals surface area contributed by atoms with Crippen molar-refractivity contribution < 1.29 is 4.57 Å². The second-order valence-electron chi connectivity index (χ2n) is 6.80. The number of guanidine groups is 1. The first-order valence-corrected chi connectivity index (χ1v) is 8.44. The molecule has 6 heteroatoms. The van der Waals surface area contributed by atoms with E-state index in [2.05, 4.69) is 57.5 Å². The van der Waals surface area contributed by atoms with Crippen LogP contribution in [0.2, 0.25) is 0 Å². The Hall–Kier alpha value is -2.76. The van der Waals surface area contributed by atoms with Crippen LogP contribution in [0.4, 0.5) is 5.95 Å². The maximum absolute atomic E-state index is 6.06. The lowest BCUT2D eigenvalue weighted by molar-refractivity contribution is -0.674. The van der Waals surface area contributed by atoms with E-state index in [4.69, 9.17) is 10.7 Å². The van der Waals surface area contributed by atoms with Crippen molar-refractivity contribution in [2.75, 3.05) is 5.32 Å². The van der Waals surface area contributed by atoms with Gasteiger partial charge in [-0.1, -0.05) is 12.1 Å². The SMILES string of the molecule is Cc1cc([C@@H]2N=C(N)Nc3[nH]c4ccccc4[n+]32)c(C)n1C1CC1. The number of para-hydroxylation sites is 2. The molecule has 1 aliphatic carbocycles. The number of hydrogen-bond acceptors (Lipinski definition) is 3. The number of nitrogens with two attached hydrogens (primary N) is 1. The maximum atomic E-state index is 6.06. The largest absolute Gasteiger partial charge is 0.365 e. The number of aromatic nitrogens is 3. The minimum Gasteiger partial charge on any atom is -0.357 e. The molecule has 5 rings (SSSR count). The number of aliphatic imine (C=N–C) groups is 1. The molecular formula is C18H21N6+. The van der Waals surface area contributed by atoms with Crippen molar-refractivity contribution in [3.8, 4) is 0 Å². The zero-order chi connectivity index (χ0) is 16.4. The third-order valence-electron chi connectivity index (χ3n) is 5.12. The third-order valence-corrected chi connectivity index (χ3v) is 5.12. The number of rotatable bonds is 2. The van der Waals surface area contributed by atoms with E-state index in [0.29, 0.717) is 12.0 Å². The van der Waals surface area contributed by atoms with Crippen molar-refractivity contribution in [1.29, 1.82) is 0 Å². The first-order valence-electron chi connectivity index (χ1n) is 8.44. The monoisotopic (exact) mass is 321 g/mol. The summed E-state index contributed by atoms with van der Waals surface area (Å²) in [7, 11) is 0. The van der Waals surface area contributed by atoms with Crippen LogP contribution in [0.5, 0.6) is 0 Å². The topological polar surface area (TPSA) is 75.0 Å². The number of nitrogens with one attached hydrogen (secondary N) is 2. The van der Waals surface area contributed by atoms with Gasteiger partial charge in [0.2, 0.25) is 6.17 Å². The lowest BCUT2D eigenvalue weighted by Crippen LogP contribution is -2.48. The molecular weight excluding hydrogens is 300 g/mol. The van der Waals surface area contributed by atoms with Gasteiger partial charge in [0, 0.05) is 23.0 Å². The summed E-state index contributed by atoms with van der Waals surface area (Å²) >= 11 is 0. The number of nitrogens with zero attached hydrogens (tertiary/aromatic N) is 3. The highest BCUT2D eigenvalue weighted by molar-refractivity contribution is 5.92. The summed E-state index contributed by atoms with van der Waals surface area (Å²) in [5, 5.41) is 3.15. The number of hydrogen-bond donors (Lipinski definition) is 3. The average Bonchev–Trinajstić information content (AvgIpc) is 3.24. The van der Waals surface area contributed by atoms with Crippen molar-refractivity contribution in [2.24, 2.45) is 10.7 Å². The van der Waals surface area contributed by atoms with Crippen molar-refractivity contribution >= 4 is 22.9 Å². The van der Waals surface area contributed by atoms with Crippen molar-refractivity contribution in [3.05, 3.63) is 47.3 Å². The van der Waals surface area contributed by atoms with Crippen LogP contribution < -0.4 is 15.6 Å². The number of fused-ring (bicyclic) bond motifs is 3. The Labute approximate surface area is 140 Å². The lowest BCUT2D eigenvalue weighted by Gasteiger charge is -2.18. The molecule has 1 fully saturated rings. The minimum absolute atomic E-state index is 0.143. The van der Waals surface area contributed by atoms with Crippen LogP contribution in [0.15, 0.2) is 35.3 Å². The van der Waals surface area contributed by atoms with Gasteiger partial charge in [0.05, 0.1) is 0 Å². The summed E-state index contributed by atoms with van der Waals surface area (Å²) < 4.78 is 4.66. The van der Waals surface area contributed by atoms with Gasteiger partial charge in [-0.15, -0.1) is 0 Å². The Balaban J connectivity index is 1.74. The molecule has 0 unspecified atom stereocenters. The predicted octanol–water partition coefficient (Wildman–Crippen LogP) is 2.50. The Morgan fingerprint density at radius 2 is 2.04 bits per heavy atom. The first kappa shape index (κ1) is 13.7. The number of aromatic amines is 1. The van der Waals surface area contributed by atoms with E-state index in [0.717, 1.165) is 17.0 Å². The first-order chi connectivity index (χ1) is 11.6. The number of aryl methyl sites for hydroxylation is 1. The van der Waals surface area contributed by atoms with E-state index in [1.54, 1.807) is 0 Å². The van der Waals surface area contributed by atoms with Crippen LogP contribution in [0.3, 0.4) is 0 Å². The van der Waals surface area contributed by atoms with Crippen LogP contribution in [0.25, 0.3) is 11.0 Å². The molecule has 24 heavy (non-hydrogen) atoms. The third kappa shape index (κ3) is 1.82. The van der Waals surface area contributed by atoms with E-state index >= 15 is 0 Å². The molecule has 4 N–H and O–H groups in total. The van der Waals surface area contributed by atoms with Gasteiger partial charge in [-0.25, -0.2) is 14.9 Å². The molecule has 0 saturated heterocycles. The van der Waals surface area contributed by atoms with E-state index < -0.39 is 0 Å². The molecule has 1 aromatic carbocycles. The van der Waals surface area contributed by atoms with E-state index in [9.17, 15) is 0 Å². The van der Waals surface area contributed by atoms with Gasteiger partial charge in [0.15, 0.2) is 0 Å². The summed E-state index contributed by atoms with van der Waals surface area (Å²) in [5.41, 5.74) is 12.1. The van der Waals surface area contributed by atoms with Crippen molar-refractivity contribution in [1.82, 2.24) is 9.55 Å². The molecule has 2 aliphatic rings. The van der Waals surface area contributed by atoms with Gasteiger partial charge >= 0.3 is 5.95 Å². The molecule has 1 atom stereocenters. The molecule has 6 nitrogen and oxygen atoms in total. The molecule has 0 amide bonds. The van der Waals surface area contributed by atoms with Gasteiger partial charge in [-0.3, -0.25) is 0 Å². The van der Waals surface area contributed by atoms with E-state index in [-0.39, 0.29) is 6.17 Å². The molecule has 3 heterocycles. The molecule has 0 radical (unpaired) electrons. The van der Waals surface area contributed by atoms with Gasteiger partial charge in [-0.2, -0.15) is 4.99 Å². The van der Waals surface area contributed by atoms with Crippen LogP contribution in [0.1, 0.15) is 42.0 Å². The molecule has 0 spiro atoms. The van der Waals surface area contributed by atoms with E-state index in [1.165, 1.54) is 29.8 Å². The number of imidazole rings is 1. The summed E-state index contributed by atoms with van der Waals surface area (Å²) in [5.74, 6) is 1.33. The van der Waals surface area contributed by atoms with Crippen molar-refractivity contribution in [3.63, 3.8) is 0 Å². The fourth-order valence-corrected chi connectivity index (χ4v) is 3.95. The highest BCUT2D eigenvalue weighted by atomic mass is 15.4. The molecule has 1 aliphatic heterocycles. The smallest absolute Gasteiger partial charge is 0.357 e. The summed E-state index contributed by atoms with van der Waals surface area (Å²) in [6.45, 7) is 4.38. The van der Waals surface area contributed by atoms with E-state index in [1.807, 2.05) is 6.07 Å². The van der Waals surface area contributed by atoms with Crippen LogP contribution in [-0.2, 0) is 0 Å². The number of H-pyrrole nitrogens is 1. The van der Waals surface area contributed by atoms with Gasteiger partial charge in [0.1, 0.15) is 11.0 Å². The molecule has 0 bridgehead atoms. The normalized spacial score (nSPS) is 19.9. The fraction of sp³-hybridized carbons (Fsp3) is 0.333. The standard InChI is InChI=1S/C18H20N6/c1-10-9-13(11(2)23(10)12-7-8-12)16-21-17(19)22-18-20-14-5-3-4-6-15(14)24(16)18/h3-6,9,12,16H,7-8H2,1-2H3,(H3,19,20,21,22)/p+1/t16-/m1/s1.